The van der Waals surface area contributed by atoms with Crippen molar-refractivity contribution >= 4 is 64.4 Å². The average Bonchev–Trinajstić information content (AvgIpc) is 2.83. The highest BCUT2D eigenvalue weighted by Gasteiger charge is 2.36. The van der Waals surface area contributed by atoms with Gasteiger partial charge in [0.1, 0.15) is 12.2 Å². The Morgan fingerprint density at radius 2 is 1.54 bits per heavy atom. The Morgan fingerprint density at radius 3 is 2.17 bits per heavy atom. The van der Waals surface area contributed by atoms with Crippen molar-refractivity contribution in [3.05, 3.63) is 92.4 Å². The Balaban J connectivity index is 1.63. The van der Waals surface area contributed by atoms with Crippen LogP contribution in [0.1, 0.15) is 11.1 Å². The van der Waals surface area contributed by atoms with Crippen LogP contribution in [0.3, 0.4) is 0 Å². The number of imide groups is 2. The molecule has 1 heterocycles. The van der Waals surface area contributed by atoms with Crippen molar-refractivity contribution in [3.63, 3.8) is 0 Å². The molecule has 7 nitrogen and oxygen atoms in total. The number of anilines is 1. The minimum atomic E-state index is -0.860. The molecule has 10 heteroatoms. The lowest BCUT2D eigenvalue weighted by Crippen LogP contribution is -2.54. The zero-order chi connectivity index (χ0) is 25.1. The van der Waals surface area contributed by atoms with Gasteiger partial charge in [0, 0.05) is 10.0 Å². The first-order valence-corrected chi connectivity index (χ1v) is 11.3. The normalized spacial score (nSPS) is 14.8. The van der Waals surface area contributed by atoms with Crippen LogP contribution in [0.25, 0.3) is 6.08 Å². The number of nitrogens with zero attached hydrogens (tertiary/aromatic N) is 1. The molecule has 1 aliphatic rings. The fourth-order valence-corrected chi connectivity index (χ4v) is 3.87. The van der Waals surface area contributed by atoms with Gasteiger partial charge in [0.05, 0.1) is 17.8 Å². The van der Waals surface area contributed by atoms with Crippen molar-refractivity contribution in [1.82, 2.24) is 5.32 Å². The SMILES string of the molecule is COc1cc(/C=C2\C(=O)NC(=O)N(c3ccc(Cl)cc3)C2=O)cc(Cl)c1OCc1ccc(Cl)cc1. The van der Waals surface area contributed by atoms with Crippen molar-refractivity contribution in [1.29, 1.82) is 0 Å². The number of ether oxygens (including phenoxy) is 2. The van der Waals surface area contributed by atoms with Gasteiger partial charge in [-0.3, -0.25) is 14.9 Å². The monoisotopic (exact) mass is 530 g/mol. The smallest absolute Gasteiger partial charge is 0.335 e. The summed E-state index contributed by atoms with van der Waals surface area (Å²) in [4.78, 5) is 38.7. The van der Waals surface area contributed by atoms with Gasteiger partial charge in [-0.05, 0) is 65.7 Å². The van der Waals surface area contributed by atoms with Gasteiger partial charge in [0.2, 0.25) is 0 Å². The van der Waals surface area contributed by atoms with E-state index in [-0.39, 0.29) is 22.9 Å². The van der Waals surface area contributed by atoms with Crippen LogP contribution in [-0.4, -0.2) is 25.0 Å². The molecular formula is C25H17Cl3N2O5. The van der Waals surface area contributed by atoms with Crippen LogP contribution in [0.4, 0.5) is 10.5 Å². The number of rotatable bonds is 6. The first kappa shape index (κ1) is 24.6. The first-order chi connectivity index (χ1) is 16.8. The molecule has 3 aromatic carbocycles. The van der Waals surface area contributed by atoms with Gasteiger partial charge in [-0.25, -0.2) is 9.69 Å². The number of halogens is 3. The van der Waals surface area contributed by atoms with E-state index in [1.165, 1.54) is 43.5 Å². The van der Waals surface area contributed by atoms with Gasteiger partial charge < -0.3 is 9.47 Å². The summed E-state index contributed by atoms with van der Waals surface area (Å²) in [6, 6.07) is 15.4. The van der Waals surface area contributed by atoms with Crippen LogP contribution in [0.15, 0.2) is 66.2 Å². The molecule has 1 saturated heterocycles. The maximum atomic E-state index is 13.1. The van der Waals surface area contributed by atoms with Gasteiger partial charge in [-0.2, -0.15) is 0 Å². The van der Waals surface area contributed by atoms with E-state index in [1.54, 1.807) is 18.2 Å². The van der Waals surface area contributed by atoms with E-state index in [0.717, 1.165) is 10.5 Å². The van der Waals surface area contributed by atoms with Gasteiger partial charge in [0.15, 0.2) is 11.5 Å². The van der Waals surface area contributed by atoms with E-state index in [1.807, 2.05) is 12.1 Å². The predicted molar refractivity (Wildman–Crippen MR) is 134 cm³/mol. The second-order valence-electron chi connectivity index (χ2n) is 7.38. The number of hydrogen-bond acceptors (Lipinski definition) is 5. The highest BCUT2D eigenvalue weighted by Crippen LogP contribution is 2.38. The van der Waals surface area contributed by atoms with Gasteiger partial charge in [-0.15, -0.1) is 0 Å². The van der Waals surface area contributed by atoms with Crippen LogP contribution < -0.4 is 19.7 Å². The third kappa shape index (κ3) is 5.43. The Morgan fingerprint density at radius 1 is 0.914 bits per heavy atom. The lowest BCUT2D eigenvalue weighted by molar-refractivity contribution is -0.122. The number of hydrogen-bond donors (Lipinski definition) is 1. The summed E-state index contributed by atoms with van der Waals surface area (Å²) in [6.45, 7) is 0.215. The summed E-state index contributed by atoms with van der Waals surface area (Å²) in [5.74, 6) is -1.03. The van der Waals surface area contributed by atoms with Crippen LogP contribution in [0, 0.1) is 0 Å². The third-order valence-electron chi connectivity index (χ3n) is 5.05. The number of methoxy groups -OCH3 is 1. The number of carbonyl (C=O) groups is 3. The molecule has 0 unspecified atom stereocenters. The molecule has 0 atom stereocenters. The largest absolute Gasteiger partial charge is 0.493 e. The summed E-state index contributed by atoms with van der Waals surface area (Å²) < 4.78 is 11.3. The number of nitrogens with one attached hydrogen (secondary N) is 1. The fourth-order valence-electron chi connectivity index (χ4n) is 3.35. The van der Waals surface area contributed by atoms with E-state index < -0.39 is 17.8 Å². The van der Waals surface area contributed by atoms with Crippen LogP contribution in [-0.2, 0) is 16.2 Å². The Labute approximate surface area is 215 Å². The quantitative estimate of drug-likeness (QED) is 0.316. The van der Waals surface area contributed by atoms with Crippen LogP contribution in [0.5, 0.6) is 11.5 Å². The molecule has 0 radical (unpaired) electrons. The molecule has 0 spiro atoms. The van der Waals surface area contributed by atoms with Gasteiger partial charge in [0.25, 0.3) is 11.8 Å². The number of benzene rings is 3. The second kappa shape index (κ2) is 10.4. The van der Waals surface area contributed by atoms with Crippen LogP contribution >= 0.6 is 34.8 Å². The van der Waals surface area contributed by atoms with Crippen LogP contribution in [0.2, 0.25) is 15.1 Å². The number of amides is 4. The van der Waals surface area contributed by atoms with Gasteiger partial charge >= 0.3 is 6.03 Å². The topological polar surface area (TPSA) is 84.9 Å². The lowest BCUT2D eigenvalue weighted by Gasteiger charge is -2.26. The summed E-state index contributed by atoms with van der Waals surface area (Å²) >= 11 is 18.2. The molecule has 1 fully saturated rings. The molecule has 1 aliphatic heterocycles. The predicted octanol–water partition coefficient (Wildman–Crippen LogP) is 5.90. The third-order valence-corrected chi connectivity index (χ3v) is 5.83. The Bertz CT molecular complexity index is 1340. The molecule has 0 aliphatic carbocycles. The zero-order valence-corrected chi connectivity index (χ0v) is 20.4. The van der Waals surface area contributed by atoms with Crippen molar-refractivity contribution in [2.45, 2.75) is 6.61 Å². The van der Waals surface area contributed by atoms with Crippen molar-refractivity contribution < 1.29 is 23.9 Å². The Kier molecular flexibility index (Phi) is 7.31. The van der Waals surface area contributed by atoms with E-state index in [9.17, 15) is 14.4 Å². The first-order valence-electron chi connectivity index (χ1n) is 10.2. The zero-order valence-electron chi connectivity index (χ0n) is 18.2. The molecular weight excluding hydrogens is 515 g/mol. The summed E-state index contributed by atoms with van der Waals surface area (Å²) in [6.07, 6.45) is 1.32. The average molecular weight is 532 g/mol. The molecule has 0 aromatic heterocycles. The van der Waals surface area contributed by atoms with Crippen molar-refractivity contribution in [2.75, 3.05) is 12.0 Å². The van der Waals surface area contributed by atoms with Gasteiger partial charge in [-0.1, -0.05) is 46.9 Å². The fraction of sp³-hybridized carbons (Fsp3) is 0.0800. The van der Waals surface area contributed by atoms with E-state index >= 15 is 0 Å². The van der Waals surface area contributed by atoms with E-state index in [0.29, 0.717) is 27.1 Å². The van der Waals surface area contributed by atoms with Crippen molar-refractivity contribution in [2.24, 2.45) is 0 Å². The molecule has 4 rings (SSSR count). The summed E-state index contributed by atoms with van der Waals surface area (Å²) in [5.41, 5.74) is 1.27. The molecule has 0 bridgehead atoms. The molecule has 35 heavy (non-hydrogen) atoms. The maximum Gasteiger partial charge on any atom is 0.335 e. The lowest BCUT2D eigenvalue weighted by atomic mass is 10.1. The number of carbonyl (C=O) groups excluding carboxylic acids is 3. The standard InChI is InChI=1S/C25H17Cl3N2O5/c1-34-21-12-15(11-20(28)22(21)35-13-14-2-4-16(26)5-3-14)10-19-23(31)29-25(33)30(24(19)32)18-8-6-17(27)7-9-18/h2-12H,13H2,1H3,(H,29,31,33)/b19-10+. The summed E-state index contributed by atoms with van der Waals surface area (Å²) in [7, 11) is 1.44. The molecule has 1 N–H and O–H groups in total. The number of barbiturate groups is 1. The second-order valence-corrected chi connectivity index (χ2v) is 8.66. The highest BCUT2D eigenvalue weighted by atomic mass is 35.5. The molecule has 3 aromatic rings. The minimum Gasteiger partial charge on any atom is -0.493 e. The van der Waals surface area contributed by atoms with E-state index in [2.05, 4.69) is 5.32 Å². The summed E-state index contributed by atoms with van der Waals surface area (Å²) in [5, 5.41) is 3.42. The minimum absolute atomic E-state index is 0.208. The molecule has 178 valence electrons. The molecule has 4 amide bonds. The Hall–Kier alpha value is -3.52. The highest BCUT2D eigenvalue weighted by molar-refractivity contribution is 6.39. The van der Waals surface area contributed by atoms with E-state index in [4.69, 9.17) is 44.3 Å². The maximum absolute atomic E-state index is 13.1. The number of urea groups is 1. The van der Waals surface area contributed by atoms with Crippen molar-refractivity contribution in [3.8, 4) is 11.5 Å². The molecule has 0 saturated carbocycles.